The molecular formula is C11H20ClN3O3. The molecule has 0 spiro atoms. The van der Waals surface area contributed by atoms with Crippen molar-refractivity contribution in [1.29, 1.82) is 0 Å². The van der Waals surface area contributed by atoms with Crippen molar-refractivity contribution in [2.45, 2.75) is 19.4 Å². The zero-order valence-electron chi connectivity index (χ0n) is 10.6. The molecule has 6 nitrogen and oxygen atoms in total. The topological polar surface area (TPSA) is 70.7 Å². The van der Waals surface area contributed by atoms with Crippen LogP contribution in [0.15, 0.2) is 0 Å². The maximum atomic E-state index is 11.4. The zero-order chi connectivity index (χ0) is 13.4. The largest absolute Gasteiger partial charge is 0.374 e. The first-order valence-corrected chi connectivity index (χ1v) is 6.66. The summed E-state index contributed by atoms with van der Waals surface area (Å²) in [5, 5.41) is 4.82. The van der Waals surface area contributed by atoms with Crippen LogP contribution in [0.2, 0.25) is 0 Å². The van der Waals surface area contributed by atoms with E-state index in [1.807, 2.05) is 0 Å². The number of urea groups is 1. The van der Waals surface area contributed by atoms with Crippen LogP contribution in [-0.2, 0) is 9.53 Å². The smallest absolute Gasteiger partial charge is 0.321 e. The Bertz CT molecular complexity index is 289. The Morgan fingerprint density at radius 2 is 2.28 bits per heavy atom. The molecular weight excluding hydrogens is 258 g/mol. The second kappa shape index (κ2) is 8.29. The summed E-state index contributed by atoms with van der Waals surface area (Å²) in [6.45, 7) is 5.86. The Balaban J connectivity index is 2.19. The Labute approximate surface area is 112 Å². The number of alkyl halides is 1. The molecule has 0 saturated carbocycles. The van der Waals surface area contributed by atoms with Crippen LogP contribution >= 0.6 is 11.6 Å². The Morgan fingerprint density at radius 1 is 1.50 bits per heavy atom. The normalized spacial score (nSPS) is 20.4. The minimum atomic E-state index is -0.498. The van der Waals surface area contributed by atoms with Gasteiger partial charge in [-0.25, -0.2) is 4.79 Å². The number of nitrogens with one attached hydrogen (secondary N) is 2. The molecule has 0 aromatic rings. The molecule has 2 N–H and O–H groups in total. The highest BCUT2D eigenvalue weighted by Gasteiger charge is 2.19. The van der Waals surface area contributed by atoms with Crippen molar-refractivity contribution in [3.63, 3.8) is 0 Å². The maximum Gasteiger partial charge on any atom is 0.321 e. The number of carbonyl (C=O) groups excluding carboxylic acids is 2. The molecule has 0 aliphatic carbocycles. The SMILES string of the molecule is CCN1CCOC(CNC(=O)NC(=O)CCCl)C1. The Morgan fingerprint density at radius 3 is 2.94 bits per heavy atom. The van der Waals surface area contributed by atoms with Gasteiger partial charge in [0.05, 0.1) is 12.7 Å². The van der Waals surface area contributed by atoms with E-state index in [4.69, 9.17) is 16.3 Å². The van der Waals surface area contributed by atoms with Gasteiger partial charge in [0.15, 0.2) is 0 Å². The van der Waals surface area contributed by atoms with Gasteiger partial charge in [-0.15, -0.1) is 11.6 Å². The van der Waals surface area contributed by atoms with Crippen LogP contribution in [0.5, 0.6) is 0 Å². The number of hydrogen-bond acceptors (Lipinski definition) is 4. The first-order chi connectivity index (χ1) is 8.65. The van der Waals surface area contributed by atoms with Gasteiger partial charge in [-0.05, 0) is 6.54 Å². The van der Waals surface area contributed by atoms with E-state index in [1.54, 1.807) is 0 Å². The van der Waals surface area contributed by atoms with Crippen molar-refractivity contribution in [3.05, 3.63) is 0 Å². The molecule has 7 heteroatoms. The third kappa shape index (κ3) is 5.66. The van der Waals surface area contributed by atoms with Gasteiger partial charge >= 0.3 is 6.03 Å². The molecule has 104 valence electrons. The van der Waals surface area contributed by atoms with Crippen LogP contribution in [0.3, 0.4) is 0 Å². The summed E-state index contributed by atoms with van der Waals surface area (Å²) in [6.07, 6.45) is 0.117. The number of nitrogens with zero attached hydrogens (tertiary/aromatic N) is 1. The monoisotopic (exact) mass is 277 g/mol. The second-order valence-electron chi connectivity index (χ2n) is 4.08. The van der Waals surface area contributed by atoms with Crippen LogP contribution in [0.1, 0.15) is 13.3 Å². The highest BCUT2D eigenvalue weighted by Crippen LogP contribution is 2.03. The summed E-state index contributed by atoms with van der Waals surface area (Å²) in [7, 11) is 0. The molecule has 18 heavy (non-hydrogen) atoms. The molecule has 1 saturated heterocycles. The van der Waals surface area contributed by atoms with E-state index < -0.39 is 6.03 Å². The minimum Gasteiger partial charge on any atom is -0.374 e. The Hall–Kier alpha value is -0.850. The number of rotatable bonds is 5. The predicted octanol–water partition coefficient (Wildman–Crippen LogP) is 0.162. The summed E-state index contributed by atoms with van der Waals surface area (Å²) in [4.78, 5) is 24.7. The van der Waals surface area contributed by atoms with Crippen LogP contribution in [0.4, 0.5) is 4.79 Å². The fourth-order valence-electron chi connectivity index (χ4n) is 1.72. The average Bonchev–Trinajstić information content (AvgIpc) is 2.37. The number of halogens is 1. The summed E-state index contributed by atoms with van der Waals surface area (Å²) in [5.41, 5.74) is 0. The molecule has 1 atom stereocenters. The lowest BCUT2D eigenvalue weighted by molar-refractivity contribution is -0.119. The van der Waals surface area contributed by atoms with E-state index in [9.17, 15) is 9.59 Å². The first-order valence-electron chi connectivity index (χ1n) is 6.13. The standard InChI is InChI=1S/C11H20ClN3O3/c1-2-15-5-6-18-9(8-15)7-13-11(17)14-10(16)3-4-12/h9H,2-8H2,1H3,(H2,13,14,16,17). The van der Waals surface area contributed by atoms with Crippen LogP contribution in [-0.4, -0.2) is 61.6 Å². The van der Waals surface area contributed by atoms with Gasteiger partial charge in [-0.3, -0.25) is 15.0 Å². The van der Waals surface area contributed by atoms with Crippen molar-refractivity contribution >= 4 is 23.5 Å². The molecule has 1 fully saturated rings. The quantitative estimate of drug-likeness (QED) is 0.703. The van der Waals surface area contributed by atoms with E-state index in [0.717, 1.165) is 19.6 Å². The fraction of sp³-hybridized carbons (Fsp3) is 0.818. The average molecular weight is 278 g/mol. The third-order valence-corrected chi connectivity index (χ3v) is 2.92. The number of hydrogen-bond donors (Lipinski definition) is 2. The summed E-state index contributed by atoms with van der Waals surface area (Å²) in [6, 6.07) is -0.498. The van der Waals surface area contributed by atoms with E-state index in [1.165, 1.54) is 0 Å². The molecule has 0 aromatic carbocycles. The minimum absolute atomic E-state index is 0.0208. The molecule has 1 rings (SSSR count). The molecule has 1 aliphatic rings. The van der Waals surface area contributed by atoms with Crippen molar-refractivity contribution < 1.29 is 14.3 Å². The van der Waals surface area contributed by atoms with Gasteiger partial charge in [0.25, 0.3) is 0 Å². The molecule has 1 unspecified atom stereocenters. The van der Waals surface area contributed by atoms with Crippen LogP contribution < -0.4 is 10.6 Å². The number of likely N-dealkylation sites (N-methyl/N-ethyl adjacent to an activating group) is 1. The number of amides is 3. The lowest BCUT2D eigenvalue weighted by atomic mass is 10.2. The fourth-order valence-corrected chi connectivity index (χ4v) is 1.89. The molecule has 0 radical (unpaired) electrons. The van der Waals surface area contributed by atoms with Gasteiger partial charge in [0.1, 0.15) is 0 Å². The van der Waals surface area contributed by atoms with Crippen molar-refractivity contribution in [1.82, 2.24) is 15.5 Å². The van der Waals surface area contributed by atoms with Crippen LogP contribution in [0, 0.1) is 0 Å². The highest BCUT2D eigenvalue weighted by molar-refractivity contribution is 6.19. The Kier molecular flexibility index (Phi) is 7.00. The zero-order valence-corrected chi connectivity index (χ0v) is 11.3. The number of imide groups is 1. The van der Waals surface area contributed by atoms with E-state index in [-0.39, 0.29) is 24.3 Å². The van der Waals surface area contributed by atoms with Crippen molar-refractivity contribution in [3.8, 4) is 0 Å². The van der Waals surface area contributed by atoms with Crippen molar-refractivity contribution in [2.75, 3.05) is 38.7 Å². The number of carbonyl (C=O) groups is 2. The van der Waals surface area contributed by atoms with Gasteiger partial charge in [-0.1, -0.05) is 6.92 Å². The highest BCUT2D eigenvalue weighted by atomic mass is 35.5. The van der Waals surface area contributed by atoms with Gasteiger partial charge in [0, 0.05) is 31.9 Å². The van der Waals surface area contributed by atoms with Gasteiger partial charge < -0.3 is 10.1 Å². The number of morpholine rings is 1. The molecule has 0 aromatic heterocycles. The molecule has 1 aliphatic heterocycles. The lowest BCUT2D eigenvalue weighted by Crippen LogP contribution is -2.49. The van der Waals surface area contributed by atoms with Gasteiger partial charge in [0.2, 0.25) is 5.91 Å². The molecule has 0 bridgehead atoms. The van der Waals surface area contributed by atoms with Gasteiger partial charge in [-0.2, -0.15) is 0 Å². The first kappa shape index (κ1) is 15.2. The maximum absolute atomic E-state index is 11.4. The summed E-state index contributed by atoms with van der Waals surface area (Å²) in [5.74, 6) is -0.168. The van der Waals surface area contributed by atoms with Crippen molar-refractivity contribution in [2.24, 2.45) is 0 Å². The summed E-state index contributed by atoms with van der Waals surface area (Å²) >= 11 is 5.39. The molecule has 3 amide bonds. The van der Waals surface area contributed by atoms with Crippen LogP contribution in [0.25, 0.3) is 0 Å². The lowest BCUT2D eigenvalue weighted by Gasteiger charge is -2.32. The predicted molar refractivity (Wildman–Crippen MR) is 68.7 cm³/mol. The van der Waals surface area contributed by atoms with E-state index in [2.05, 4.69) is 22.5 Å². The summed E-state index contributed by atoms with van der Waals surface area (Å²) < 4.78 is 5.52. The van der Waals surface area contributed by atoms with E-state index >= 15 is 0 Å². The molecule has 1 heterocycles. The second-order valence-corrected chi connectivity index (χ2v) is 4.46. The third-order valence-electron chi connectivity index (χ3n) is 2.73. The number of ether oxygens (including phenoxy) is 1. The van der Waals surface area contributed by atoms with E-state index in [0.29, 0.717) is 13.2 Å².